The van der Waals surface area contributed by atoms with Gasteiger partial charge in [-0.1, -0.05) is 20.8 Å². The maximum Gasteiger partial charge on any atom is 0.332 e. The van der Waals surface area contributed by atoms with Gasteiger partial charge in [0, 0.05) is 12.0 Å². The summed E-state index contributed by atoms with van der Waals surface area (Å²) >= 11 is 0. The molecule has 9 nitrogen and oxygen atoms in total. The maximum absolute atomic E-state index is 12.6. The number of carboxylic acids is 1. The second-order valence-electron chi connectivity index (χ2n) is 6.40. The Labute approximate surface area is 140 Å². The van der Waals surface area contributed by atoms with E-state index in [4.69, 9.17) is 14.2 Å². The summed E-state index contributed by atoms with van der Waals surface area (Å²) in [6.45, 7) is 4.85. The third kappa shape index (κ3) is 5.58. The highest BCUT2D eigenvalue weighted by Crippen LogP contribution is 2.57. The fourth-order valence-electron chi connectivity index (χ4n) is 2.07. The summed E-state index contributed by atoms with van der Waals surface area (Å²) in [5.41, 5.74) is -0.754. The van der Waals surface area contributed by atoms with Crippen LogP contribution in [-0.4, -0.2) is 55.5 Å². The molecule has 1 rings (SSSR count). The van der Waals surface area contributed by atoms with Gasteiger partial charge in [-0.2, -0.15) is 0 Å². The Balaban J connectivity index is 2.75. The summed E-state index contributed by atoms with van der Waals surface area (Å²) in [5.74, 6) is -3.06. The van der Waals surface area contributed by atoms with Crippen molar-refractivity contribution in [3.05, 3.63) is 0 Å². The smallest absolute Gasteiger partial charge is 0.332 e. The molecule has 0 saturated carbocycles. The van der Waals surface area contributed by atoms with Gasteiger partial charge in [0.15, 0.2) is 6.10 Å². The Bertz CT molecular complexity index is 547. The lowest BCUT2D eigenvalue weighted by molar-refractivity contribution is -0.141. The van der Waals surface area contributed by atoms with Gasteiger partial charge in [0.2, 0.25) is 5.91 Å². The van der Waals surface area contributed by atoms with Gasteiger partial charge in [0.05, 0.1) is 32.2 Å². The van der Waals surface area contributed by atoms with Crippen molar-refractivity contribution in [2.75, 3.05) is 26.4 Å². The number of methoxy groups -OCH3 is 1. The zero-order valence-electron chi connectivity index (χ0n) is 14.2. The van der Waals surface area contributed by atoms with E-state index in [1.54, 1.807) is 13.8 Å². The maximum atomic E-state index is 12.6. The number of carboxylic acid groups (broad SMARTS) is 1. The number of esters is 1. The van der Waals surface area contributed by atoms with Crippen LogP contribution < -0.4 is 5.32 Å². The molecule has 24 heavy (non-hydrogen) atoms. The molecule has 138 valence electrons. The number of carbonyl (C=O) groups excluding carboxylic acids is 2. The molecule has 1 heterocycles. The molecule has 1 amide bonds. The SMILES string of the molecule is COC(=O)CCNC(=O)[C@@H]1OP(=O)(C[C@@H](C)C(=O)O)OCC1(C)C. The molecule has 2 N–H and O–H groups in total. The number of amides is 1. The van der Waals surface area contributed by atoms with Crippen molar-refractivity contribution in [1.82, 2.24) is 5.32 Å². The fourth-order valence-corrected chi connectivity index (χ4v) is 4.38. The van der Waals surface area contributed by atoms with E-state index in [-0.39, 0.29) is 25.7 Å². The number of rotatable bonds is 7. The summed E-state index contributed by atoms with van der Waals surface area (Å²) in [6, 6.07) is 0. The zero-order chi connectivity index (χ0) is 18.5. The summed E-state index contributed by atoms with van der Waals surface area (Å²) < 4.78 is 27.7. The standard InChI is InChI=1S/C14H24NO8P/c1-9(13(18)19)7-24(20)22-8-14(2,3)11(23-24)12(17)15-6-5-10(16)21-4/h9,11H,5-8H2,1-4H3,(H,15,17)(H,18,19)/t9-,11+,24?/m1/s1. The predicted octanol–water partition coefficient (Wildman–Crippen LogP) is 1.02. The van der Waals surface area contributed by atoms with E-state index >= 15 is 0 Å². The number of hydrogen-bond acceptors (Lipinski definition) is 7. The van der Waals surface area contributed by atoms with Crippen LogP contribution in [-0.2, 0) is 32.7 Å². The Morgan fingerprint density at radius 3 is 2.58 bits per heavy atom. The first-order valence-electron chi connectivity index (χ1n) is 7.50. The van der Waals surface area contributed by atoms with Crippen molar-refractivity contribution in [1.29, 1.82) is 0 Å². The van der Waals surface area contributed by atoms with Crippen LogP contribution >= 0.6 is 7.60 Å². The second-order valence-corrected chi connectivity index (χ2v) is 8.45. The summed E-state index contributed by atoms with van der Waals surface area (Å²) in [7, 11) is -2.46. The molecule has 1 unspecified atom stereocenters. The third-order valence-corrected chi connectivity index (χ3v) is 5.67. The van der Waals surface area contributed by atoms with E-state index in [1.807, 2.05) is 0 Å². The van der Waals surface area contributed by atoms with Crippen LogP contribution in [0.3, 0.4) is 0 Å². The third-order valence-electron chi connectivity index (χ3n) is 3.62. The van der Waals surface area contributed by atoms with Crippen molar-refractivity contribution in [3.63, 3.8) is 0 Å². The molecular weight excluding hydrogens is 341 g/mol. The van der Waals surface area contributed by atoms with Gasteiger partial charge in [-0.25, -0.2) is 0 Å². The lowest BCUT2D eigenvalue weighted by Gasteiger charge is -2.40. The minimum absolute atomic E-state index is 0.000399. The van der Waals surface area contributed by atoms with Gasteiger partial charge in [-0.3, -0.25) is 23.5 Å². The number of aliphatic carboxylic acids is 1. The van der Waals surface area contributed by atoms with Crippen LogP contribution in [0, 0.1) is 11.3 Å². The molecule has 10 heteroatoms. The normalized spacial score (nSPS) is 27.1. The van der Waals surface area contributed by atoms with E-state index in [1.165, 1.54) is 14.0 Å². The molecule has 1 aliphatic rings. The molecular formula is C14H24NO8P. The highest BCUT2D eigenvalue weighted by molar-refractivity contribution is 7.54. The average Bonchev–Trinajstić information content (AvgIpc) is 2.49. The lowest BCUT2D eigenvalue weighted by Crippen LogP contribution is -2.50. The first-order chi connectivity index (χ1) is 11.0. The topological polar surface area (TPSA) is 128 Å². The van der Waals surface area contributed by atoms with Crippen LogP contribution in [0.4, 0.5) is 0 Å². The van der Waals surface area contributed by atoms with Crippen molar-refractivity contribution < 1.29 is 37.8 Å². The van der Waals surface area contributed by atoms with E-state index in [9.17, 15) is 18.9 Å². The Kier molecular flexibility index (Phi) is 6.95. The lowest BCUT2D eigenvalue weighted by atomic mass is 9.87. The molecule has 1 fully saturated rings. The Morgan fingerprint density at radius 2 is 2.04 bits per heavy atom. The summed E-state index contributed by atoms with van der Waals surface area (Å²) in [5, 5.41) is 11.5. The van der Waals surface area contributed by atoms with Crippen LogP contribution in [0.5, 0.6) is 0 Å². The fraction of sp³-hybridized carbons (Fsp3) is 0.786. The van der Waals surface area contributed by atoms with Gasteiger partial charge >= 0.3 is 19.5 Å². The molecule has 0 aromatic carbocycles. The molecule has 0 bridgehead atoms. The minimum Gasteiger partial charge on any atom is -0.481 e. The van der Waals surface area contributed by atoms with E-state index < -0.39 is 42.9 Å². The quantitative estimate of drug-likeness (QED) is 0.505. The Morgan fingerprint density at radius 1 is 1.42 bits per heavy atom. The highest BCUT2D eigenvalue weighted by atomic mass is 31.2. The van der Waals surface area contributed by atoms with E-state index in [0.717, 1.165) is 0 Å². The van der Waals surface area contributed by atoms with Crippen LogP contribution in [0.1, 0.15) is 27.2 Å². The van der Waals surface area contributed by atoms with Crippen molar-refractivity contribution >= 4 is 25.4 Å². The molecule has 1 aliphatic heterocycles. The molecule has 1 saturated heterocycles. The monoisotopic (exact) mass is 365 g/mol. The van der Waals surface area contributed by atoms with Crippen molar-refractivity contribution in [3.8, 4) is 0 Å². The van der Waals surface area contributed by atoms with Gasteiger partial charge < -0.3 is 19.7 Å². The largest absolute Gasteiger partial charge is 0.481 e. The molecule has 0 spiro atoms. The van der Waals surface area contributed by atoms with Crippen LogP contribution in [0.25, 0.3) is 0 Å². The minimum atomic E-state index is -3.70. The summed E-state index contributed by atoms with van der Waals surface area (Å²) in [6.07, 6.45) is -1.39. The summed E-state index contributed by atoms with van der Waals surface area (Å²) in [4.78, 5) is 34.3. The second kappa shape index (κ2) is 8.09. The first-order valence-corrected chi connectivity index (χ1v) is 9.23. The predicted molar refractivity (Wildman–Crippen MR) is 83.5 cm³/mol. The van der Waals surface area contributed by atoms with Gasteiger partial charge in [0.1, 0.15) is 0 Å². The van der Waals surface area contributed by atoms with E-state index in [0.29, 0.717) is 0 Å². The van der Waals surface area contributed by atoms with Crippen molar-refractivity contribution in [2.45, 2.75) is 33.3 Å². The molecule has 0 radical (unpaired) electrons. The van der Waals surface area contributed by atoms with Crippen LogP contribution in [0.2, 0.25) is 0 Å². The number of nitrogens with one attached hydrogen (secondary N) is 1. The zero-order valence-corrected chi connectivity index (χ0v) is 15.1. The average molecular weight is 365 g/mol. The number of carbonyl (C=O) groups is 3. The van der Waals surface area contributed by atoms with Crippen molar-refractivity contribution in [2.24, 2.45) is 11.3 Å². The number of hydrogen-bond donors (Lipinski definition) is 2. The molecule has 0 aromatic heterocycles. The first kappa shape index (κ1) is 20.6. The number of ether oxygens (including phenoxy) is 1. The molecule has 3 atom stereocenters. The van der Waals surface area contributed by atoms with Crippen LogP contribution in [0.15, 0.2) is 0 Å². The molecule has 0 aromatic rings. The Hall–Kier alpha value is -1.44. The van der Waals surface area contributed by atoms with Gasteiger partial charge in [0.25, 0.3) is 0 Å². The highest BCUT2D eigenvalue weighted by Gasteiger charge is 2.48. The van der Waals surface area contributed by atoms with Gasteiger partial charge in [-0.05, 0) is 0 Å². The van der Waals surface area contributed by atoms with Gasteiger partial charge in [-0.15, -0.1) is 0 Å². The van der Waals surface area contributed by atoms with E-state index in [2.05, 4.69) is 10.1 Å². The molecule has 0 aliphatic carbocycles.